The highest BCUT2D eigenvalue weighted by molar-refractivity contribution is 5.82. The topological polar surface area (TPSA) is 110 Å². The maximum Gasteiger partial charge on any atom is 0.303 e. The number of rotatable bonds is 13. The van der Waals surface area contributed by atoms with E-state index in [0.717, 1.165) is 58.6 Å². The number of aliphatic hydroxyl groups excluding tert-OH is 1. The van der Waals surface area contributed by atoms with E-state index in [9.17, 15) is 14.7 Å². The summed E-state index contributed by atoms with van der Waals surface area (Å²) in [6, 6.07) is 30.0. The van der Waals surface area contributed by atoms with Crippen molar-refractivity contribution in [2.24, 2.45) is 0 Å². The molecule has 0 spiro atoms. The summed E-state index contributed by atoms with van der Waals surface area (Å²) >= 11 is 0. The molecule has 0 aliphatic carbocycles. The zero-order valence-electron chi connectivity index (χ0n) is 27.2. The number of likely N-dealkylation sites (N-methyl/N-ethyl adjacent to an activating group) is 1. The average molecular weight is 638 g/mol. The van der Waals surface area contributed by atoms with Gasteiger partial charge in [-0.25, -0.2) is 0 Å². The van der Waals surface area contributed by atoms with Crippen LogP contribution in [0.3, 0.4) is 0 Å². The van der Waals surface area contributed by atoms with Gasteiger partial charge in [-0.2, -0.15) is 0 Å². The fourth-order valence-electron chi connectivity index (χ4n) is 5.68. The van der Waals surface area contributed by atoms with Gasteiger partial charge in [0, 0.05) is 56.9 Å². The lowest BCUT2D eigenvalue weighted by Crippen LogP contribution is -2.38. The number of hydrogen-bond donors (Lipinski definition) is 2. The predicted molar refractivity (Wildman–Crippen MR) is 179 cm³/mol. The van der Waals surface area contributed by atoms with Gasteiger partial charge in [0.1, 0.15) is 0 Å². The Balaban J connectivity index is 1.31. The zero-order chi connectivity index (χ0) is 33.2. The number of pyridine rings is 1. The second kappa shape index (κ2) is 16.4. The number of aromatic nitrogens is 1. The van der Waals surface area contributed by atoms with Crippen molar-refractivity contribution in [2.45, 2.75) is 64.4 Å². The molecule has 5 rings (SSSR count). The van der Waals surface area contributed by atoms with E-state index >= 15 is 0 Å². The van der Waals surface area contributed by atoms with Crippen molar-refractivity contribution in [3.8, 4) is 11.1 Å². The van der Waals surface area contributed by atoms with E-state index < -0.39 is 18.4 Å². The molecule has 2 N–H and O–H groups in total. The summed E-state index contributed by atoms with van der Waals surface area (Å²) in [7, 11) is 2.11. The van der Waals surface area contributed by atoms with Crippen LogP contribution < -0.4 is 5.32 Å². The molecule has 0 radical (unpaired) electrons. The van der Waals surface area contributed by atoms with Crippen LogP contribution in [0.25, 0.3) is 11.1 Å². The highest BCUT2D eigenvalue weighted by atomic mass is 16.7. The Morgan fingerprint density at radius 2 is 1.72 bits per heavy atom. The van der Waals surface area contributed by atoms with Gasteiger partial charge in [-0.05, 0) is 66.1 Å². The van der Waals surface area contributed by atoms with Crippen LogP contribution in [-0.4, -0.2) is 59.2 Å². The van der Waals surface area contributed by atoms with Crippen LogP contribution in [0.15, 0.2) is 97.2 Å². The van der Waals surface area contributed by atoms with E-state index in [0.29, 0.717) is 13.0 Å². The Morgan fingerprint density at radius 3 is 2.45 bits per heavy atom. The summed E-state index contributed by atoms with van der Waals surface area (Å²) in [5, 5.41) is 12.4. The van der Waals surface area contributed by atoms with Crippen molar-refractivity contribution in [3.05, 3.63) is 125 Å². The van der Waals surface area contributed by atoms with E-state index in [1.165, 1.54) is 6.92 Å². The van der Waals surface area contributed by atoms with Gasteiger partial charge in [-0.1, -0.05) is 66.7 Å². The Labute approximate surface area is 276 Å². The number of amides is 1. The molecule has 1 aliphatic rings. The molecular formula is C38H43N3O6. The Morgan fingerprint density at radius 1 is 0.957 bits per heavy atom. The van der Waals surface area contributed by atoms with Crippen LogP contribution >= 0.6 is 0 Å². The SMILES string of the molecule is CC(=O)O[C@@H](C)C(=O)NCc1cccc(-c2cccc([C@@H]3O[C@H](CN(C)CCc4ccccn4)C[C@H](c4ccc(CO)cc4)O3)c2)c1. The van der Waals surface area contributed by atoms with Gasteiger partial charge in [0.25, 0.3) is 5.91 Å². The van der Waals surface area contributed by atoms with Crippen LogP contribution in [0.1, 0.15) is 60.6 Å². The highest BCUT2D eigenvalue weighted by Gasteiger charge is 2.33. The minimum absolute atomic E-state index is 0.00496. The number of aliphatic hydroxyl groups is 1. The Kier molecular flexibility index (Phi) is 11.9. The third-order valence-electron chi connectivity index (χ3n) is 8.20. The number of nitrogens with zero attached hydrogens (tertiary/aromatic N) is 2. The van der Waals surface area contributed by atoms with Crippen LogP contribution in [0.2, 0.25) is 0 Å². The minimum atomic E-state index is -0.858. The first-order chi connectivity index (χ1) is 22.8. The van der Waals surface area contributed by atoms with Gasteiger partial charge < -0.3 is 29.5 Å². The monoisotopic (exact) mass is 637 g/mol. The Hall–Kier alpha value is -4.41. The third kappa shape index (κ3) is 9.79. The maximum absolute atomic E-state index is 12.3. The highest BCUT2D eigenvalue weighted by Crippen LogP contribution is 2.39. The first kappa shape index (κ1) is 33.9. The molecule has 0 unspecified atom stereocenters. The predicted octanol–water partition coefficient (Wildman–Crippen LogP) is 5.53. The average Bonchev–Trinajstić information content (AvgIpc) is 3.10. The quantitative estimate of drug-likeness (QED) is 0.184. The standard InChI is InChI=1S/C38H43N3O6/c1-26(45-27(2)43)37(44)40-23-29-8-6-9-31(20-29)32-10-7-11-33(21-32)38-46-35(24-41(3)19-17-34-12-4-5-18-39-34)22-36(47-38)30-15-13-28(25-42)14-16-30/h4-16,18,20-21,26,35-36,38,42H,17,19,22-25H2,1-3H3,(H,40,44)/t26-,35-,36+,38+/m0/s1. The first-order valence-corrected chi connectivity index (χ1v) is 16.0. The minimum Gasteiger partial charge on any atom is -0.453 e. The molecule has 1 amide bonds. The van der Waals surface area contributed by atoms with Crippen LogP contribution in [0, 0.1) is 0 Å². The normalized spacial score (nSPS) is 18.4. The van der Waals surface area contributed by atoms with E-state index in [1.54, 1.807) is 6.92 Å². The van der Waals surface area contributed by atoms with Gasteiger partial charge in [0.2, 0.25) is 0 Å². The largest absolute Gasteiger partial charge is 0.453 e. The molecule has 9 heteroatoms. The molecule has 0 saturated carbocycles. The summed E-state index contributed by atoms with van der Waals surface area (Å²) in [5.41, 5.74) is 6.78. The number of esters is 1. The van der Waals surface area contributed by atoms with Crippen LogP contribution in [0.5, 0.6) is 0 Å². The lowest BCUT2D eigenvalue weighted by Gasteiger charge is -2.38. The number of hydrogen-bond acceptors (Lipinski definition) is 8. The van der Waals surface area contributed by atoms with Crippen LogP contribution in [0.4, 0.5) is 0 Å². The van der Waals surface area contributed by atoms with Crippen molar-refractivity contribution in [2.75, 3.05) is 20.1 Å². The summed E-state index contributed by atoms with van der Waals surface area (Å²) in [6.45, 7) is 4.72. The Bertz CT molecular complexity index is 1610. The third-order valence-corrected chi connectivity index (χ3v) is 8.20. The van der Waals surface area contributed by atoms with Gasteiger partial charge >= 0.3 is 5.97 Å². The zero-order valence-corrected chi connectivity index (χ0v) is 27.2. The fourth-order valence-corrected chi connectivity index (χ4v) is 5.68. The van der Waals surface area contributed by atoms with Gasteiger partial charge in [-0.3, -0.25) is 14.6 Å². The summed E-state index contributed by atoms with van der Waals surface area (Å²) in [6.07, 6.45) is 1.69. The lowest BCUT2D eigenvalue weighted by atomic mass is 9.98. The number of carbonyl (C=O) groups excluding carboxylic acids is 2. The van der Waals surface area contributed by atoms with Crippen molar-refractivity contribution < 1.29 is 28.9 Å². The van der Waals surface area contributed by atoms with E-state index in [-0.39, 0.29) is 24.7 Å². The second-order valence-electron chi connectivity index (χ2n) is 12.0. The molecule has 1 saturated heterocycles. The van der Waals surface area contributed by atoms with Gasteiger partial charge in [0.15, 0.2) is 12.4 Å². The molecule has 3 aromatic carbocycles. The smallest absolute Gasteiger partial charge is 0.303 e. The van der Waals surface area contributed by atoms with Crippen molar-refractivity contribution in [3.63, 3.8) is 0 Å². The summed E-state index contributed by atoms with van der Waals surface area (Å²) in [4.78, 5) is 30.3. The molecule has 1 aromatic heterocycles. The van der Waals surface area contributed by atoms with Gasteiger partial charge in [-0.15, -0.1) is 0 Å². The molecule has 47 heavy (non-hydrogen) atoms. The molecule has 246 valence electrons. The lowest BCUT2D eigenvalue weighted by molar-refractivity contribution is -0.252. The number of nitrogens with one attached hydrogen (secondary N) is 1. The number of ether oxygens (including phenoxy) is 3. The molecule has 2 heterocycles. The van der Waals surface area contributed by atoms with Gasteiger partial charge in [0.05, 0.1) is 18.8 Å². The van der Waals surface area contributed by atoms with E-state index in [1.807, 2.05) is 91.1 Å². The van der Waals surface area contributed by atoms with E-state index in [2.05, 4.69) is 28.3 Å². The van der Waals surface area contributed by atoms with Crippen molar-refractivity contribution >= 4 is 11.9 Å². The molecule has 9 nitrogen and oxygen atoms in total. The van der Waals surface area contributed by atoms with Crippen molar-refractivity contribution in [1.82, 2.24) is 15.2 Å². The molecule has 0 bridgehead atoms. The fraction of sp³-hybridized carbons (Fsp3) is 0.342. The maximum atomic E-state index is 12.3. The van der Waals surface area contributed by atoms with E-state index in [4.69, 9.17) is 14.2 Å². The molecule has 4 aromatic rings. The molecule has 1 aliphatic heterocycles. The summed E-state index contributed by atoms with van der Waals surface area (Å²) < 4.78 is 18.2. The molecule has 1 fully saturated rings. The number of carbonyl (C=O) groups is 2. The molecule has 4 atom stereocenters. The first-order valence-electron chi connectivity index (χ1n) is 16.0. The van der Waals surface area contributed by atoms with Crippen LogP contribution in [-0.2, 0) is 43.4 Å². The second-order valence-corrected chi connectivity index (χ2v) is 12.0. The summed E-state index contributed by atoms with van der Waals surface area (Å²) in [5.74, 6) is -0.845. The van der Waals surface area contributed by atoms with Crippen molar-refractivity contribution in [1.29, 1.82) is 0 Å². The number of benzene rings is 3. The molecular weight excluding hydrogens is 594 g/mol.